The van der Waals surface area contributed by atoms with Gasteiger partial charge < -0.3 is 10.5 Å². The van der Waals surface area contributed by atoms with Crippen molar-refractivity contribution in [3.63, 3.8) is 0 Å². The van der Waals surface area contributed by atoms with E-state index < -0.39 is 6.03 Å². The van der Waals surface area contributed by atoms with Gasteiger partial charge in [-0.05, 0) is 30.2 Å². The summed E-state index contributed by atoms with van der Waals surface area (Å²) in [6.45, 7) is 2.45. The van der Waals surface area contributed by atoms with E-state index in [1.54, 1.807) is 0 Å². The lowest BCUT2D eigenvalue weighted by atomic mass is 10.1. The molecule has 5 heteroatoms. The zero-order valence-electron chi connectivity index (χ0n) is 11.7. The Bertz CT molecular complexity index is 639. The first-order valence-electron chi connectivity index (χ1n) is 6.51. The molecular formula is C16H17N3O2. The van der Waals surface area contributed by atoms with Gasteiger partial charge in [-0.2, -0.15) is 5.10 Å². The minimum absolute atomic E-state index is 0.467. The van der Waals surface area contributed by atoms with E-state index >= 15 is 0 Å². The second-order valence-electron chi connectivity index (χ2n) is 4.55. The number of hydrogen-bond donors (Lipinski definition) is 2. The number of primary amides is 1. The van der Waals surface area contributed by atoms with Crippen molar-refractivity contribution in [2.45, 2.75) is 13.5 Å². The van der Waals surface area contributed by atoms with Crippen LogP contribution in [-0.2, 0) is 6.61 Å². The molecule has 2 aromatic rings. The monoisotopic (exact) mass is 283 g/mol. The average Bonchev–Trinajstić information content (AvgIpc) is 2.48. The second kappa shape index (κ2) is 7.09. The van der Waals surface area contributed by atoms with Gasteiger partial charge in [-0.3, -0.25) is 0 Å². The highest BCUT2D eigenvalue weighted by Crippen LogP contribution is 2.20. The third kappa shape index (κ3) is 4.65. The largest absolute Gasteiger partial charge is 0.488 e. The zero-order chi connectivity index (χ0) is 15.1. The number of nitrogens with zero attached hydrogens (tertiary/aromatic N) is 1. The summed E-state index contributed by atoms with van der Waals surface area (Å²) < 4.78 is 5.83. The van der Waals surface area contributed by atoms with Crippen LogP contribution in [0.4, 0.5) is 4.79 Å². The van der Waals surface area contributed by atoms with Gasteiger partial charge >= 0.3 is 6.03 Å². The maximum atomic E-state index is 10.6. The fourth-order valence-corrected chi connectivity index (χ4v) is 1.77. The molecule has 0 aliphatic heterocycles. The highest BCUT2D eigenvalue weighted by Gasteiger charge is 2.03. The second-order valence-corrected chi connectivity index (χ2v) is 4.55. The Hall–Kier alpha value is -2.82. The van der Waals surface area contributed by atoms with Crippen molar-refractivity contribution in [1.29, 1.82) is 0 Å². The predicted molar refractivity (Wildman–Crippen MR) is 82.3 cm³/mol. The van der Waals surface area contributed by atoms with Crippen molar-refractivity contribution >= 4 is 12.2 Å². The Balaban J connectivity index is 2.11. The van der Waals surface area contributed by atoms with Crippen molar-refractivity contribution in [3.8, 4) is 5.75 Å². The fourth-order valence-electron chi connectivity index (χ4n) is 1.77. The zero-order valence-corrected chi connectivity index (χ0v) is 11.7. The third-order valence-corrected chi connectivity index (χ3v) is 2.78. The molecule has 0 bridgehead atoms. The summed E-state index contributed by atoms with van der Waals surface area (Å²) >= 11 is 0. The van der Waals surface area contributed by atoms with Gasteiger partial charge in [0.15, 0.2) is 0 Å². The number of carbonyl (C=O) groups excluding carboxylic acids is 1. The molecule has 2 aromatic carbocycles. The van der Waals surface area contributed by atoms with Crippen LogP contribution in [0.2, 0.25) is 0 Å². The molecule has 0 saturated carbocycles. The number of ether oxygens (including phenoxy) is 1. The number of rotatable bonds is 5. The number of urea groups is 1. The number of hydrazone groups is 1. The van der Waals surface area contributed by atoms with E-state index in [4.69, 9.17) is 10.5 Å². The van der Waals surface area contributed by atoms with Crippen LogP contribution in [0, 0.1) is 6.92 Å². The molecule has 21 heavy (non-hydrogen) atoms. The van der Waals surface area contributed by atoms with Crippen molar-refractivity contribution in [3.05, 3.63) is 65.2 Å². The van der Waals surface area contributed by atoms with Gasteiger partial charge in [0.1, 0.15) is 12.4 Å². The van der Waals surface area contributed by atoms with Gasteiger partial charge in [-0.1, -0.05) is 36.4 Å². The first kappa shape index (κ1) is 14.6. The molecule has 0 saturated heterocycles. The maximum Gasteiger partial charge on any atom is 0.332 e. The van der Waals surface area contributed by atoms with Gasteiger partial charge in [0.2, 0.25) is 0 Å². The molecule has 5 nitrogen and oxygen atoms in total. The van der Waals surface area contributed by atoms with Crippen LogP contribution in [-0.4, -0.2) is 12.2 Å². The standard InChI is InChI=1S/C16H17N3O2/c1-12-7-8-14(10-18-19-16(17)20)15(9-12)21-11-13-5-3-2-4-6-13/h2-10H,11H2,1H3,(H3,17,19,20). The van der Waals surface area contributed by atoms with Crippen molar-refractivity contribution in [2.75, 3.05) is 0 Å². The Morgan fingerprint density at radius 3 is 2.76 bits per heavy atom. The van der Waals surface area contributed by atoms with Crippen LogP contribution in [0.3, 0.4) is 0 Å². The van der Waals surface area contributed by atoms with E-state index in [0.717, 1.165) is 16.7 Å². The molecule has 0 aliphatic carbocycles. The fraction of sp³-hybridized carbons (Fsp3) is 0.125. The molecule has 0 fully saturated rings. The first-order valence-corrected chi connectivity index (χ1v) is 6.51. The lowest BCUT2D eigenvalue weighted by Gasteiger charge is -2.10. The summed E-state index contributed by atoms with van der Waals surface area (Å²) in [5, 5.41) is 3.76. The number of amides is 2. The Morgan fingerprint density at radius 2 is 2.05 bits per heavy atom. The normalized spacial score (nSPS) is 10.5. The predicted octanol–water partition coefficient (Wildman–Crippen LogP) is 2.58. The SMILES string of the molecule is Cc1ccc(C=NNC(N)=O)c(OCc2ccccc2)c1. The maximum absolute atomic E-state index is 10.6. The van der Waals surface area contributed by atoms with E-state index in [1.807, 2.05) is 55.5 Å². The smallest absolute Gasteiger partial charge is 0.332 e. The van der Waals surface area contributed by atoms with Crippen LogP contribution in [0.1, 0.15) is 16.7 Å². The lowest BCUT2D eigenvalue weighted by Crippen LogP contribution is -2.24. The van der Waals surface area contributed by atoms with Crippen molar-refractivity contribution in [2.24, 2.45) is 10.8 Å². The Labute approximate surface area is 123 Å². The van der Waals surface area contributed by atoms with Gasteiger partial charge in [-0.15, -0.1) is 0 Å². The number of hydrogen-bond acceptors (Lipinski definition) is 3. The summed E-state index contributed by atoms with van der Waals surface area (Å²) in [5.41, 5.74) is 10.1. The lowest BCUT2D eigenvalue weighted by molar-refractivity contribution is 0.249. The molecule has 0 aliphatic rings. The topological polar surface area (TPSA) is 76.7 Å². The van der Waals surface area contributed by atoms with Crippen molar-refractivity contribution in [1.82, 2.24) is 5.43 Å². The summed E-state index contributed by atoms with van der Waals surface area (Å²) in [6.07, 6.45) is 1.50. The highest BCUT2D eigenvalue weighted by atomic mass is 16.5. The van der Waals surface area contributed by atoms with E-state index in [0.29, 0.717) is 12.4 Å². The minimum atomic E-state index is -0.704. The summed E-state index contributed by atoms with van der Waals surface area (Å²) in [7, 11) is 0. The van der Waals surface area contributed by atoms with Gasteiger partial charge in [0.25, 0.3) is 0 Å². The summed E-state index contributed by atoms with van der Waals surface area (Å²) in [4.78, 5) is 10.6. The molecule has 2 rings (SSSR count). The molecule has 0 heterocycles. The quantitative estimate of drug-likeness (QED) is 0.653. The van der Waals surface area contributed by atoms with E-state index in [1.165, 1.54) is 6.21 Å². The molecular weight excluding hydrogens is 266 g/mol. The van der Waals surface area contributed by atoms with Crippen LogP contribution in [0.5, 0.6) is 5.75 Å². The average molecular weight is 283 g/mol. The molecule has 108 valence electrons. The highest BCUT2D eigenvalue weighted by molar-refractivity contribution is 5.84. The number of benzene rings is 2. The number of aryl methyl sites for hydroxylation is 1. The van der Waals surface area contributed by atoms with E-state index in [-0.39, 0.29) is 0 Å². The van der Waals surface area contributed by atoms with Crippen LogP contribution in [0.25, 0.3) is 0 Å². The van der Waals surface area contributed by atoms with E-state index in [9.17, 15) is 4.79 Å². The molecule has 0 radical (unpaired) electrons. The van der Waals surface area contributed by atoms with Crippen LogP contribution < -0.4 is 15.9 Å². The molecule has 0 spiro atoms. The first-order chi connectivity index (χ1) is 10.1. The van der Waals surface area contributed by atoms with E-state index in [2.05, 4.69) is 10.5 Å². The van der Waals surface area contributed by atoms with Crippen molar-refractivity contribution < 1.29 is 9.53 Å². The summed E-state index contributed by atoms with van der Waals surface area (Å²) in [6, 6.07) is 14.9. The summed E-state index contributed by atoms with van der Waals surface area (Å²) in [5.74, 6) is 0.703. The molecule has 0 unspecified atom stereocenters. The third-order valence-electron chi connectivity index (χ3n) is 2.78. The molecule has 3 N–H and O–H groups in total. The number of nitrogens with two attached hydrogens (primary N) is 1. The Kier molecular flexibility index (Phi) is 4.93. The minimum Gasteiger partial charge on any atom is -0.488 e. The number of nitrogens with one attached hydrogen (secondary N) is 1. The van der Waals surface area contributed by atoms with Gasteiger partial charge in [0, 0.05) is 5.56 Å². The van der Waals surface area contributed by atoms with Gasteiger partial charge in [0.05, 0.1) is 6.21 Å². The van der Waals surface area contributed by atoms with Crippen LogP contribution in [0.15, 0.2) is 53.6 Å². The van der Waals surface area contributed by atoms with Crippen LogP contribution >= 0.6 is 0 Å². The Morgan fingerprint density at radius 1 is 1.29 bits per heavy atom. The molecule has 0 aromatic heterocycles. The van der Waals surface area contributed by atoms with Gasteiger partial charge in [-0.25, -0.2) is 10.2 Å². The molecule has 2 amide bonds. The number of carbonyl (C=O) groups is 1. The molecule has 0 atom stereocenters.